The molecule has 0 amide bonds. The number of aromatic nitrogens is 3. The lowest BCUT2D eigenvalue weighted by Gasteiger charge is -2.02. The Bertz CT molecular complexity index is 450. The van der Waals surface area contributed by atoms with Crippen LogP contribution in [0.15, 0.2) is 30.6 Å². The molecule has 0 radical (unpaired) electrons. The van der Waals surface area contributed by atoms with Crippen LogP contribution in [-0.4, -0.2) is 22.0 Å². The second kappa shape index (κ2) is 4.04. The van der Waals surface area contributed by atoms with Crippen LogP contribution in [0.2, 0.25) is 0 Å². The van der Waals surface area contributed by atoms with Crippen LogP contribution < -0.4 is 5.32 Å². The lowest BCUT2D eigenvalue weighted by Crippen LogP contribution is -1.96. The van der Waals surface area contributed by atoms with Crippen molar-refractivity contribution in [2.75, 3.05) is 12.4 Å². The van der Waals surface area contributed by atoms with Gasteiger partial charge in [-0.1, -0.05) is 0 Å². The van der Waals surface area contributed by atoms with Gasteiger partial charge in [-0.05, 0) is 25.1 Å². The molecule has 0 atom stereocenters. The molecule has 76 valence electrons. The molecule has 0 unspecified atom stereocenters. The Morgan fingerprint density at radius 3 is 2.67 bits per heavy atom. The van der Waals surface area contributed by atoms with Gasteiger partial charge in [-0.3, -0.25) is 4.98 Å². The standard InChI is InChI=1S/C11H12N4/c1-8-3-4-9(7-14-8)10-5-6-13-11(12-2)15-10/h3-7H,1-2H3,(H,12,13,15). The smallest absolute Gasteiger partial charge is 0.222 e. The Balaban J connectivity index is 2.40. The third kappa shape index (κ3) is 2.10. The summed E-state index contributed by atoms with van der Waals surface area (Å²) in [4.78, 5) is 12.6. The van der Waals surface area contributed by atoms with Crippen LogP contribution in [-0.2, 0) is 0 Å². The van der Waals surface area contributed by atoms with E-state index < -0.39 is 0 Å². The van der Waals surface area contributed by atoms with Crippen LogP contribution in [0.1, 0.15) is 5.69 Å². The summed E-state index contributed by atoms with van der Waals surface area (Å²) < 4.78 is 0. The molecule has 0 fully saturated rings. The van der Waals surface area contributed by atoms with E-state index in [0.29, 0.717) is 5.95 Å². The Morgan fingerprint density at radius 2 is 2.00 bits per heavy atom. The Kier molecular flexibility index (Phi) is 2.58. The molecule has 0 saturated heterocycles. The zero-order chi connectivity index (χ0) is 10.7. The van der Waals surface area contributed by atoms with Crippen molar-refractivity contribution in [1.82, 2.24) is 15.0 Å². The lowest BCUT2D eigenvalue weighted by molar-refractivity contribution is 1.14. The number of anilines is 1. The Morgan fingerprint density at radius 1 is 1.13 bits per heavy atom. The summed E-state index contributed by atoms with van der Waals surface area (Å²) >= 11 is 0. The van der Waals surface area contributed by atoms with E-state index in [1.165, 1.54) is 0 Å². The maximum atomic E-state index is 4.33. The van der Waals surface area contributed by atoms with Crippen molar-refractivity contribution in [1.29, 1.82) is 0 Å². The van der Waals surface area contributed by atoms with Crippen LogP contribution >= 0.6 is 0 Å². The van der Waals surface area contributed by atoms with Gasteiger partial charge in [0.25, 0.3) is 0 Å². The maximum absolute atomic E-state index is 4.33. The molecule has 2 aromatic rings. The fourth-order valence-corrected chi connectivity index (χ4v) is 1.26. The molecule has 4 nitrogen and oxygen atoms in total. The molecule has 0 aromatic carbocycles. The van der Waals surface area contributed by atoms with Gasteiger partial charge in [0.05, 0.1) is 5.69 Å². The van der Waals surface area contributed by atoms with Gasteiger partial charge >= 0.3 is 0 Å². The van der Waals surface area contributed by atoms with Crippen LogP contribution in [0.4, 0.5) is 5.95 Å². The zero-order valence-corrected chi connectivity index (χ0v) is 8.73. The van der Waals surface area contributed by atoms with E-state index in [9.17, 15) is 0 Å². The van der Waals surface area contributed by atoms with Gasteiger partial charge in [0, 0.05) is 30.7 Å². The second-order valence-corrected chi connectivity index (χ2v) is 3.20. The van der Waals surface area contributed by atoms with Crippen molar-refractivity contribution in [3.63, 3.8) is 0 Å². The molecule has 0 saturated carbocycles. The molecule has 2 aromatic heterocycles. The number of hydrogen-bond acceptors (Lipinski definition) is 4. The van der Waals surface area contributed by atoms with Crippen molar-refractivity contribution in [3.8, 4) is 11.3 Å². The number of pyridine rings is 1. The van der Waals surface area contributed by atoms with E-state index >= 15 is 0 Å². The lowest BCUT2D eigenvalue weighted by atomic mass is 10.2. The SMILES string of the molecule is CNc1nccc(-c2ccc(C)nc2)n1. The second-order valence-electron chi connectivity index (χ2n) is 3.20. The monoisotopic (exact) mass is 200 g/mol. The highest BCUT2D eigenvalue weighted by Crippen LogP contribution is 2.16. The highest BCUT2D eigenvalue weighted by atomic mass is 15.1. The normalized spacial score (nSPS) is 10.0. The minimum Gasteiger partial charge on any atom is -0.357 e. The van der Waals surface area contributed by atoms with E-state index in [2.05, 4.69) is 20.3 Å². The molecule has 0 aliphatic rings. The fraction of sp³-hybridized carbons (Fsp3) is 0.182. The molecule has 0 aliphatic carbocycles. The van der Waals surface area contributed by atoms with Crippen molar-refractivity contribution in [2.45, 2.75) is 6.92 Å². The molecule has 0 spiro atoms. The predicted octanol–water partition coefficient (Wildman–Crippen LogP) is 1.89. The highest BCUT2D eigenvalue weighted by molar-refractivity contribution is 5.58. The summed E-state index contributed by atoms with van der Waals surface area (Å²) in [5.74, 6) is 0.619. The fourth-order valence-electron chi connectivity index (χ4n) is 1.26. The number of nitrogens with zero attached hydrogens (tertiary/aromatic N) is 3. The van der Waals surface area contributed by atoms with Gasteiger partial charge in [0.1, 0.15) is 0 Å². The number of hydrogen-bond donors (Lipinski definition) is 1. The third-order valence-electron chi connectivity index (χ3n) is 2.09. The summed E-state index contributed by atoms with van der Waals surface area (Å²) in [7, 11) is 1.80. The molecule has 15 heavy (non-hydrogen) atoms. The molecule has 1 N–H and O–H groups in total. The maximum Gasteiger partial charge on any atom is 0.222 e. The van der Waals surface area contributed by atoms with Crippen LogP contribution in [0.25, 0.3) is 11.3 Å². The van der Waals surface area contributed by atoms with E-state index in [1.807, 2.05) is 31.3 Å². The summed E-state index contributed by atoms with van der Waals surface area (Å²) in [6.45, 7) is 1.96. The van der Waals surface area contributed by atoms with Gasteiger partial charge < -0.3 is 5.32 Å². The summed E-state index contributed by atoms with van der Waals surface area (Å²) in [6, 6.07) is 5.84. The molecule has 0 aliphatic heterocycles. The number of rotatable bonds is 2. The van der Waals surface area contributed by atoms with Crippen LogP contribution in [0, 0.1) is 6.92 Å². The molecule has 2 rings (SSSR count). The predicted molar refractivity (Wildman–Crippen MR) is 59.5 cm³/mol. The molecular weight excluding hydrogens is 188 g/mol. The molecular formula is C11H12N4. The van der Waals surface area contributed by atoms with E-state index in [4.69, 9.17) is 0 Å². The van der Waals surface area contributed by atoms with Crippen LogP contribution in [0.5, 0.6) is 0 Å². The summed E-state index contributed by atoms with van der Waals surface area (Å²) in [5.41, 5.74) is 2.88. The zero-order valence-electron chi connectivity index (χ0n) is 8.73. The van der Waals surface area contributed by atoms with Crippen LogP contribution in [0.3, 0.4) is 0 Å². The van der Waals surface area contributed by atoms with Crippen molar-refractivity contribution in [2.24, 2.45) is 0 Å². The van der Waals surface area contributed by atoms with Gasteiger partial charge in [-0.15, -0.1) is 0 Å². The van der Waals surface area contributed by atoms with Gasteiger partial charge in [0.2, 0.25) is 5.95 Å². The number of aryl methyl sites for hydroxylation is 1. The quantitative estimate of drug-likeness (QED) is 0.804. The van der Waals surface area contributed by atoms with Gasteiger partial charge in [0.15, 0.2) is 0 Å². The average molecular weight is 200 g/mol. The van der Waals surface area contributed by atoms with Crippen molar-refractivity contribution in [3.05, 3.63) is 36.3 Å². The minimum absolute atomic E-state index is 0.619. The largest absolute Gasteiger partial charge is 0.357 e. The van der Waals surface area contributed by atoms with Crippen molar-refractivity contribution >= 4 is 5.95 Å². The van der Waals surface area contributed by atoms with Crippen molar-refractivity contribution < 1.29 is 0 Å². The first kappa shape index (κ1) is 9.58. The first-order valence-electron chi connectivity index (χ1n) is 4.73. The molecule has 2 heterocycles. The average Bonchev–Trinajstić information content (AvgIpc) is 2.30. The highest BCUT2D eigenvalue weighted by Gasteiger charge is 2.00. The van der Waals surface area contributed by atoms with Gasteiger partial charge in [-0.2, -0.15) is 0 Å². The van der Waals surface area contributed by atoms with E-state index in [-0.39, 0.29) is 0 Å². The molecule has 4 heteroatoms. The first-order valence-corrected chi connectivity index (χ1v) is 4.73. The van der Waals surface area contributed by atoms with E-state index in [1.54, 1.807) is 13.2 Å². The summed E-state index contributed by atoms with van der Waals surface area (Å²) in [5, 5.41) is 2.91. The third-order valence-corrected chi connectivity index (χ3v) is 2.09. The molecule has 0 bridgehead atoms. The topological polar surface area (TPSA) is 50.7 Å². The first-order chi connectivity index (χ1) is 7.29. The minimum atomic E-state index is 0.619. The Hall–Kier alpha value is -1.97. The van der Waals surface area contributed by atoms with Gasteiger partial charge in [-0.25, -0.2) is 9.97 Å². The Labute approximate surface area is 88.4 Å². The van der Waals surface area contributed by atoms with E-state index in [0.717, 1.165) is 17.0 Å². The summed E-state index contributed by atoms with van der Waals surface area (Å²) in [6.07, 6.45) is 3.55. The number of nitrogens with one attached hydrogen (secondary N) is 1.